The van der Waals surface area contributed by atoms with Gasteiger partial charge in [-0.2, -0.15) is 13.2 Å². The van der Waals surface area contributed by atoms with E-state index in [9.17, 15) is 13.2 Å². The van der Waals surface area contributed by atoms with Gasteiger partial charge in [-0.1, -0.05) is 26.7 Å². The highest BCUT2D eigenvalue weighted by Crippen LogP contribution is 2.25. The second-order valence-corrected chi connectivity index (χ2v) is 3.50. The molecule has 0 fully saturated rings. The van der Waals surface area contributed by atoms with Gasteiger partial charge in [-0.15, -0.1) is 0 Å². The molecule has 0 aliphatic carbocycles. The van der Waals surface area contributed by atoms with Crippen LogP contribution in [0.4, 0.5) is 13.2 Å². The maximum Gasteiger partial charge on any atom is 0.389 e. The second-order valence-electron chi connectivity index (χ2n) is 3.50. The van der Waals surface area contributed by atoms with E-state index < -0.39 is 12.6 Å². The quantitative estimate of drug-likeness (QED) is 0.524. The summed E-state index contributed by atoms with van der Waals surface area (Å²) in [4.78, 5) is 0. The number of halogens is 3. The maximum absolute atomic E-state index is 12.0. The van der Waals surface area contributed by atoms with Gasteiger partial charge < -0.3 is 0 Å². The third-order valence-electron chi connectivity index (χ3n) is 2.57. The van der Waals surface area contributed by atoms with Crippen LogP contribution in [0, 0.1) is 5.92 Å². The van der Waals surface area contributed by atoms with Crippen molar-refractivity contribution in [3.05, 3.63) is 0 Å². The van der Waals surface area contributed by atoms with Crippen molar-refractivity contribution in [2.75, 3.05) is 0 Å². The number of rotatable bonds is 6. The van der Waals surface area contributed by atoms with Crippen LogP contribution in [-0.4, -0.2) is 12.2 Å². The molecule has 0 rings (SSSR count). The minimum atomic E-state index is -4.08. The molecular weight excluding hydrogens is 193 g/mol. The Morgan fingerprint density at radius 3 is 2.00 bits per heavy atom. The predicted octanol–water partition coefficient (Wildman–Crippen LogP) is 2.60. The van der Waals surface area contributed by atoms with Crippen LogP contribution in [0.1, 0.15) is 39.5 Å². The lowest BCUT2D eigenvalue weighted by molar-refractivity contribution is -0.137. The van der Waals surface area contributed by atoms with Crippen LogP contribution in [0.25, 0.3) is 0 Å². The normalized spacial score (nSPS) is 14.8. The van der Waals surface area contributed by atoms with Crippen LogP contribution in [-0.2, 0) is 0 Å². The summed E-state index contributed by atoms with van der Waals surface area (Å²) in [7, 11) is 0. The lowest BCUT2D eigenvalue weighted by atomic mass is 9.91. The summed E-state index contributed by atoms with van der Waals surface area (Å²) < 4.78 is 35.9. The first-order chi connectivity index (χ1) is 6.44. The van der Waals surface area contributed by atoms with E-state index in [0.717, 1.165) is 12.8 Å². The Balaban J connectivity index is 4.01. The summed E-state index contributed by atoms with van der Waals surface area (Å²) in [5, 5.41) is 0. The molecule has 86 valence electrons. The fraction of sp³-hybridized carbons (Fsp3) is 1.00. The molecular formula is C9H19F3N2. The number of hydrazine groups is 1. The molecule has 0 aliphatic rings. The Hall–Kier alpha value is -0.290. The average Bonchev–Trinajstić information content (AvgIpc) is 2.10. The van der Waals surface area contributed by atoms with Gasteiger partial charge in [-0.05, 0) is 12.3 Å². The zero-order valence-corrected chi connectivity index (χ0v) is 8.69. The van der Waals surface area contributed by atoms with Crippen LogP contribution in [0.5, 0.6) is 0 Å². The van der Waals surface area contributed by atoms with Crippen molar-refractivity contribution < 1.29 is 13.2 Å². The Labute approximate surface area is 83.0 Å². The first-order valence-corrected chi connectivity index (χ1v) is 4.97. The van der Waals surface area contributed by atoms with Crippen LogP contribution < -0.4 is 11.3 Å². The van der Waals surface area contributed by atoms with Crippen molar-refractivity contribution in [3.63, 3.8) is 0 Å². The monoisotopic (exact) mass is 212 g/mol. The lowest BCUT2D eigenvalue weighted by Crippen LogP contribution is -2.41. The molecule has 0 heterocycles. The van der Waals surface area contributed by atoms with Crippen molar-refractivity contribution >= 4 is 0 Å². The minimum Gasteiger partial charge on any atom is -0.271 e. The van der Waals surface area contributed by atoms with Gasteiger partial charge in [0.25, 0.3) is 0 Å². The van der Waals surface area contributed by atoms with E-state index in [1.165, 1.54) is 0 Å². The molecule has 2 nitrogen and oxygen atoms in total. The Morgan fingerprint density at radius 1 is 1.21 bits per heavy atom. The number of nitrogens with one attached hydrogen (secondary N) is 1. The molecule has 0 spiro atoms. The summed E-state index contributed by atoms with van der Waals surface area (Å²) in [6, 6.07) is -0.230. The van der Waals surface area contributed by atoms with Crippen molar-refractivity contribution in [1.82, 2.24) is 5.43 Å². The summed E-state index contributed by atoms with van der Waals surface area (Å²) in [5.41, 5.74) is 2.48. The van der Waals surface area contributed by atoms with Gasteiger partial charge in [-0.3, -0.25) is 11.3 Å². The van der Waals surface area contributed by atoms with Gasteiger partial charge in [0.15, 0.2) is 0 Å². The number of alkyl halides is 3. The van der Waals surface area contributed by atoms with E-state index in [4.69, 9.17) is 5.84 Å². The van der Waals surface area contributed by atoms with E-state index in [1.807, 2.05) is 13.8 Å². The zero-order chi connectivity index (χ0) is 11.2. The summed E-state index contributed by atoms with van der Waals surface area (Å²) in [5.74, 6) is 5.46. The van der Waals surface area contributed by atoms with E-state index >= 15 is 0 Å². The van der Waals surface area contributed by atoms with Crippen LogP contribution in [0.15, 0.2) is 0 Å². The summed E-state index contributed by atoms with van der Waals surface area (Å²) in [6.07, 6.45) is -3.09. The second kappa shape index (κ2) is 6.24. The lowest BCUT2D eigenvalue weighted by Gasteiger charge is -2.24. The highest BCUT2D eigenvalue weighted by Gasteiger charge is 2.29. The summed E-state index contributed by atoms with van der Waals surface area (Å²) >= 11 is 0. The van der Waals surface area contributed by atoms with Gasteiger partial charge in [0.1, 0.15) is 0 Å². The molecule has 5 heteroatoms. The van der Waals surface area contributed by atoms with E-state index in [0.29, 0.717) is 0 Å². The fourth-order valence-electron chi connectivity index (χ4n) is 1.63. The van der Waals surface area contributed by atoms with Crippen molar-refractivity contribution in [3.8, 4) is 0 Å². The molecule has 0 radical (unpaired) electrons. The molecule has 14 heavy (non-hydrogen) atoms. The third-order valence-corrected chi connectivity index (χ3v) is 2.57. The van der Waals surface area contributed by atoms with E-state index in [2.05, 4.69) is 5.43 Å². The van der Waals surface area contributed by atoms with Gasteiger partial charge in [-0.25, -0.2) is 0 Å². The third kappa shape index (κ3) is 5.44. The molecule has 3 N–H and O–H groups in total. The van der Waals surface area contributed by atoms with Crippen molar-refractivity contribution in [2.24, 2.45) is 11.8 Å². The molecule has 1 unspecified atom stereocenters. The van der Waals surface area contributed by atoms with Gasteiger partial charge >= 0.3 is 6.18 Å². The molecule has 0 aromatic heterocycles. The van der Waals surface area contributed by atoms with Crippen molar-refractivity contribution in [1.29, 1.82) is 0 Å². The molecule has 0 saturated heterocycles. The predicted molar refractivity (Wildman–Crippen MR) is 50.5 cm³/mol. The standard InChI is InChI=1S/C9H19F3N2/c1-3-7(4-2)8(14-13)5-6-9(10,11)12/h7-8,14H,3-6,13H2,1-2H3. The first-order valence-electron chi connectivity index (χ1n) is 4.97. The van der Waals surface area contributed by atoms with Crippen LogP contribution in [0.2, 0.25) is 0 Å². The highest BCUT2D eigenvalue weighted by atomic mass is 19.4. The van der Waals surface area contributed by atoms with Gasteiger partial charge in [0.2, 0.25) is 0 Å². The zero-order valence-electron chi connectivity index (χ0n) is 8.69. The first kappa shape index (κ1) is 13.7. The number of hydrogen-bond donors (Lipinski definition) is 2. The molecule has 0 amide bonds. The molecule has 0 saturated carbocycles. The maximum atomic E-state index is 12.0. The van der Waals surface area contributed by atoms with Crippen molar-refractivity contribution in [2.45, 2.75) is 51.7 Å². The summed E-state index contributed by atoms with van der Waals surface area (Å²) in [6.45, 7) is 3.93. The molecule has 0 aliphatic heterocycles. The number of nitrogens with two attached hydrogens (primary N) is 1. The van der Waals surface area contributed by atoms with E-state index in [1.54, 1.807) is 0 Å². The molecule has 1 atom stereocenters. The average molecular weight is 212 g/mol. The Bertz CT molecular complexity index is 143. The van der Waals surface area contributed by atoms with Gasteiger partial charge in [0, 0.05) is 12.5 Å². The van der Waals surface area contributed by atoms with Crippen LogP contribution in [0.3, 0.4) is 0 Å². The largest absolute Gasteiger partial charge is 0.389 e. The topological polar surface area (TPSA) is 38.0 Å². The SMILES string of the molecule is CCC(CC)C(CCC(F)(F)F)NN. The Morgan fingerprint density at radius 2 is 1.71 bits per heavy atom. The fourth-order valence-corrected chi connectivity index (χ4v) is 1.63. The minimum absolute atomic E-state index is 0.0619. The highest BCUT2D eigenvalue weighted by molar-refractivity contribution is 4.73. The van der Waals surface area contributed by atoms with Crippen LogP contribution >= 0.6 is 0 Å². The molecule has 0 aromatic carbocycles. The Kier molecular flexibility index (Phi) is 6.11. The molecule has 0 bridgehead atoms. The van der Waals surface area contributed by atoms with E-state index in [-0.39, 0.29) is 18.4 Å². The van der Waals surface area contributed by atoms with Gasteiger partial charge in [0.05, 0.1) is 0 Å². The smallest absolute Gasteiger partial charge is 0.271 e. The molecule has 0 aromatic rings. The number of hydrogen-bond acceptors (Lipinski definition) is 2.